The van der Waals surface area contributed by atoms with Crippen molar-refractivity contribution < 1.29 is 41.9 Å². The topological polar surface area (TPSA) is 134 Å². The van der Waals surface area contributed by atoms with E-state index in [0.29, 0.717) is 19.4 Å². The number of fused-ring (bicyclic) bond motifs is 1. The van der Waals surface area contributed by atoms with Crippen LogP contribution in [0.2, 0.25) is 0 Å². The van der Waals surface area contributed by atoms with Gasteiger partial charge in [0.15, 0.2) is 5.78 Å². The Labute approximate surface area is 194 Å². The van der Waals surface area contributed by atoms with E-state index in [2.05, 4.69) is 20.7 Å². The summed E-state index contributed by atoms with van der Waals surface area (Å²) >= 11 is 0. The zero-order chi connectivity index (χ0) is 25.4. The smallest absolute Gasteiger partial charge is 0.356 e. The van der Waals surface area contributed by atoms with E-state index in [4.69, 9.17) is 0 Å². The van der Waals surface area contributed by atoms with Crippen LogP contribution in [0.1, 0.15) is 40.0 Å². The molecule has 0 aromatic heterocycles. The lowest BCUT2D eigenvalue weighted by atomic mass is 9.95. The molecule has 2 aliphatic heterocycles. The van der Waals surface area contributed by atoms with Gasteiger partial charge in [-0.05, 0) is 51.9 Å². The third-order valence-corrected chi connectivity index (χ3v) is 6.13. The van der Waals surface area contributed by atoms with E-state index in [-0.39, 0.29) is 30.7 Å². The first kappa shape index (κ1) is 25.9. The summed E-state index contributed by atoms with van der Waals surface area (Å²) in [6, 6.07) is -2.44. The largest absolute Gasteiger partial charge is 0.522 e. The number of hydrogen-bond acceptors (Lipinski definition) is 6. The summed E-state index contributed by atoms with van der Waals surface area (Å²) in [6.45, 7) is 4.32. The minimum Gasteiger partial charge on any atom is -0.356 e. The molecule has 3 aliphatic rings. The number of Topliss-reactive ketones (excluding diaryl/α,β-unsaturated/α-hetero) is 1. The van der Waals surface area contributed by atoms with Gasteiger partial charge in [0.25, 0.3) is 0 Å². The molecule has 13 heteroatoms. The number of nitrogens with one attached hydrogen (secondary N) is 3. The van der Waals surface area contributed by atoms with Crippen LogP contribution in [-0.2, 0) is 28.7 Å². The Bertz CT molecular complexity index is 872. The highest BCUT2D eigenvalue weighted by atomic mass is 19.4. The summed E-state index contributed by atoms with van der Waals surface area (Å²) in [7, 11) is 0. The van der Waals surface area contributed by atoms with Gasteiger partial charge in [-0.25, -0.2) is 0 Å². The third-order valence-electron chi connectivity index (χ3n) is 6.13. The quantitative estimate of drug-likeness (QED) is 0.426. The number of hydrogen-bond donors (Lipinski definition) is 3. The first-order valence-electron chi connectivity index (χ1n) is 11.1. The molecule has 0 unspecified atom stereocenters. The lowest BCUT2D eigenvalue weighted by Crippen LogP contribution is -2.57. The number of rotatable bonds is 7. The molecule has 10 nitrogen and oxygen atoms in total. The number of nitrogens with zero attached hydrogens (tertiary/aromatic N) is 1. The fourth-order valence-corrected chi connectivity index (χ4v) is 4.47. The molecule has 2 saturated heterocycles. The molecule has 0 radical (unpaired) electrons. The molecular formula is C21H29F3N4O6. The van der Waals surface area contributed by atoms with Crippen LogP contribution in [0.4, 0.5) is 13.2 Å². The maximum atomic E-state index is 13.1. The third kappa shape index (κ3) is 6.45. The molecule has 1 saturated carbocycles. The summed E-state index contributed by atoms with van der Waals surface area (Å²) < 4.78 is 40.9. The van der Waals surface area contributed by atoms with E-state index in [1.165, 1.54) is 0 Å². The zero-order valence-corrected chi connectivity index (χ0v) is 19.2. The summed E-state index contributed by atoms with van der Waals surface area (Å²) in [5, 5.41) is 7.55. The Hall–Kier alpha value is -2.70. The van der Waals surface area contributed by atoms with Crippen molar-refractivity contribution in [1.82, 2.24) is 20.9 Å². The highest BCUT2D eigenvalue weighted by Gasteiger charge is 2.58. The molecule has 34 heavy (non-hydrogen) atoms. The van der Waals surface area contributed by atoms with E-state index in [0.717, 1.165) is 4.90 Å². The maximum absolute atomic E-state index is 13.1. The van der Waals surface area contributed by atoms with E-state index < -0.39 is 60.0 Å². The van der Waals surface area contributed by atoms with Crippen molar-refractivity contribution in [2.45, 2.75) is 64.0 Å². The number of carbonyl (C=O) groups is 5. The van der Waals surface area contributed by atoms with Gasteiger partial charge in [-0.1, -0.05) is 0 Å². The number of ether oxygens (including phenoxy) is 1. The Balaban J connectivity index is 1.72. The molecule has 3 fully saturated rings. The van der Waals surface area contributed by atoms with E-state index in [9.17, 15) is 37.1 Å². The Morgan fingerprint density at radius 3 is 2.44 bits per heavy atom. The lowest BCUT2D eigenvalue weighted by Gasteiger charge is -2.29. The van der Waals surface area contributed by atoms with Crippen molar-refractivity contribution in [2.75, 3.05) is 19.7 Å². The van der Waals surface area contributed by atoms with Gasteiger partial charge in [-0.3, -0.25) is 28.7 Å². The Kier molecular flexibility index (Phi) is 7.25. The molecule has 4 amide bonds. The highest BCUT2D eigenvalue weighted by Crippen LogP contribution is 2.49. The fraction of sp³-hybridized carbons (Fsp3) is 0.762. The average molecular weight is 490 g/mol. The van der Waals surface area contributed by atoms with E-state index in [1.807, 2.05) is 0 Å². The van der Waals surface area contributed by atoms with Crippen molar-refractivity contribution in [3.8, 4) is 0 Å². The summed E-state index contributed by atoms with van der Waals surface area (Å²) in [5.41, 5.74) is -0.676. The molecule has 0 aromatic rings. The van der Waals surface area contributed by atoms with Crippen LogP contribution in [-0.4, -0.2) is 78.0 Å². The van der Waals surface area contributed by atoms with Gasteiger partial charge in [0.05, 0.1) is 6.04 Å². The minimum atomic E-state index is -5.04. The van der Waals surface area contributed by atoms with Crippen LogP contribution in [0.3, 0.4) is 0 Å². The van der Waals surface area contributed by atoms with Gasteiger partial charge in [-0.2, -0.15) is 0 Å². The fourth-order valence-electron chi connectivity index (χ4n) is 4.47. The standard InChI is InChI=1S/C21H29F3N4O6/c1-20(2,3)27-18(32)19(33)28-8-11-6-12(11)15(28)17(31)26-13(7-10-4-5-25-16(10)30)14(29)9-34-21(22,23)24/h10-13,15H,4-9H2,1-3H3,(H,25,30)(H,26,31)(H,27,32)/t10-,11-,12-,13-,15-/m0/s1. The number of ketones is 1. The number of alkyl halides is 3. The lowest BCUT2D eigenvalue weighted by molar-refractivity contribution is -0.321. The van der Waals surface area contributed by atoms with Crippen molar-refractivity contribution in [1.29, 1.82) is 0 Å². The number of carbonyl (C=O) groups excluding carboxylic acids is 5. The first-order chi connectivity index (χ1) is 15.7. The normalized spacial score (nSPS) is 27.0. The Morgan fingerprint density at radius 1 is 1.21 bits per heavy atom. The second kappa shape index (κ2) is 9.51. The van der Waals surface area contributed by atoms with E-state index >= 15 is 0 Å². The predicted molar refractivity (Wildman–Crippen MR) is 110 cm³/mol. The number of likely N-dealkylation sites (tertiary alicyclic amines) is 1. The van der Waals surface area contributed by atoms with Gasteiger partial charge >= 0.3 is 18.2 Å². The summed E-state index contributed by atoms with van der Waals surface area (Å²) in [5.74, 6) is -4.74. The number of amides is 4. The molecule has 190 valence electrons. The molecule has 0 aromatic carbocycles. The van der Waals surface area contributed by atoms with Gasteiger partial charge in [-0.15, -0.1) is 13.2 Å². The average Bonchev–Trinajstić information content (AvgIpc) is 3.17. The van der Waals surface area contributed by atoms with E-state index in [1.54, 1.807) is 20.8 Å². The Morgan fingerprint density at radius 2 is 1.88 bits per heavy atom. The van der Waals surface area contributed by atoms with Gasteiger partial charge in [0, 0.05) is 24.5 Å². The van der Waals surface area contributed by atoms with Crippen LogP contribution >= 0.6 is 0 Å². The molecule has 5 atom stereocenters. The van der Waals surface area contributed by atoms with Crippen molar-refractivity contribution in [2.24, 2.45) is 17.8 Å². The van der Waals surface area contributed by atoms with Crippen LogP contribution in [0.25, 0.3) is 0 Å². The van der Waals surface area contributed by atoms with Gasteiger partial charge in [0.2, 0.25) is 11.8 Å². The van der Waals surface area contributed by atoms with Crippen molar-refractivity contribution >= 4 is 29.4 Å². The van der Waals surface area contributed by atoms with Crippen LogP contribution in [0.15, 0.2) is 0 Å². The van der Waals surface area contributed by atoms with Gasteiger partial charge in [0.1, 0.15) is 12.6 Å². The molecule has 0 spiro atoms. The maximum Gasteiger partial charge on any atom is 0.522 e. The molecule has 1 aliphatic carbocycles. The molecule has 0 bridgehead atoms. The zero-order valence-electron chi connectivity index (χ0n) is 19.2. The molecule has 3 N–H and O–H groups in total. The molecule has 3 rings (SSSR count). The monoisotopic (exact) mass is 490 g/mol. The van der Waals surface area contributed by atoms with Crippen LogP contribution < -0.4 is 16.0 Å². The van der Waals surface area contributed by atoms with Crippen LogP contribution in [0.5, 0.6) is 0 Å². The second-order valence-electron chi connectivity index (χ2n) is 10.0. The minimum absolute atomic E-state index is 0.0328. The van der Waals surface area contributed by atoms with Crippen molar-refractivity contribution in [3.63, 3.8) is 0 Å². The van der Waals surface area contributed by atoms with Gasteiger partial charge < -0.3 is 20.9 Å². The first-order valence-corrected chi connectivity index (χ1v) is 11.1. The second-order valence-corrected chi connectivity index (χ2v) is 10.0. The predicted octanol–water partition coefficient (Wildman–Crippen LogP) is -0.135. The molecule has 2 heterocycles. The van der Waals surface area contributed by atoms with Crippen molar-refractivity contribution in [3.05, 3.63) is 0 Å². The summed E-state index contributed by atoms with van der Waals surface area (Å²) in [4.78, 5) is 63.8. The SMILES string of the molecule is CC(C)(C)NC(=O)C(=O)N1C[C@@H]2C[C@@H]2[C@H]1C(=O)N[C@@H](C[C@@H]1CCNC1=O)C(=O)COC(F)(F)F. The number of halogens is 3. The van der Waals surface area contributed by atoms with Crippen LogP contribution in [0, 0.1) is 17.8 Å². The number of piperidine rings is 1. The molecular weight excluding hydrogens is 461 g/mol. The highest BCUT2D eigenvalue weighted by molar-refractivity contribution is 6.35. The summed E-state index contributed by atoms with van der Waals surface area (Å²) in [6.07, 6.45) is -4.21.